The van der Waals surface area contributed by atoms with Gasteiger partial charge in [0.05, 0.1) is 7.11 Å². The summed E-state index contributed by atoms with van der Waals surface area (Å²) >= 11 is 0. The largest absolute Gasteiger partial charge is 0.504 e. The average molecular weight is 193 g/mol. The Bertz CT molecular complexity index is 349. The number of phenols is 1. The molecule has 0 saturated heterocycles. The van der Waals surface area contributed by atoms with Crippen LogP contribution in [0.1, 0.15) is 11.1 Å². The molecule has 0 radical (unpaired) electrons. The fourth-order valence-corrected chi connectivity index (χ4v) is 1.98. The van der Waals surface area contributed by atoms with Crippen molar-refractivity contribution in [3.63, 3.8) is 0 Å². The number of hydrogen-bond acceptors (Lipinski definition) is 3. The molecule has 0 aromatic heterocycles. The van der Waals surface area contributed by atoms with Gasteiger partial charge in [0.25, 0.3) is 0 Å². The van der Waals surface area contributed by atoms with E-state index in [0.29, 0.717) is 5.75 Å². The second kappa shape index (κ2) is 3.50. The SMILES string of the molecule is COc1c(O)ccc2c1CCN(C)C2. The zero-order valence-corrected chi connectivity index (χ0v) is 8.58. The molecule has 1 N–H and O–H groups in total. The van der Waals surface area contributed by atoms with Crippen LogP contribution in [0.5, 0.6) is 11.5 Å². The summed E-state index contributed by atoms with van der Waals surface area (Å²) in [6, 6.07) is 3.68. The first-order chi connectivity index (χ1) is 6.72. The van der Waals surface area contributed by atoms with Gasteiger partial charge in [-0.25, -0.2) is 0 Å². The number of benzene rings is 1. The van der Waals surface area contributed by atoms with Gasteiger partial charge in [-0.05, 0) is 25.1 Å². The monoisotopic (exact) mass is 193 g/mol. The Balaban J connectivity index is 2.47. The van der Waals surface area contributed by atoms with E-state index in [1.54, 1.807) is 13.2 Å². The van der Waals surface area contributed by atoms with Crippen LogP contribution in [0.2, 0.25) is 0 Å². The minimum Gasteiger partial charge on any atom is -0.504 e. The lowest BCUT2D eigenvalue weighted by Gasteiger charge is -2.26. The molecule has 3 heteroatoms. The first-order valence-electron chi connectivity index (χ1n) is 4.78. The molecule has 0 saturated carbocycles. The van der Waals surface area contributed by atoms with E-state index in [1.165, 1.54) is 5.56 Å². The summed E-state index contributed by atoms with van der Waals surface area (Å²) < 4.78 is 5.21. The second-order valence-electron chi connectivity index (χ2n) is 3.74. The molecule has 14 heavy (non-hydrogen) atoms. The van der Waals surface area contributed by atoms with E-state index in [1.807, 2.05) is 6.07 Å². The third-order valence-electron chi connectivity index (χ3n) is 2.72. The van der Waals surface area contributed by atoms with Crippen LogP contribution in [0, 0.1) is 0 Å². The van der Waals surface area contributed by atoms with E-state index in [-0.39, 0.29) is 5.75 Å². The van der Waals surface area contributed by atoms with Gasteiger partial charge >= 0.3 is 0 Å². The maximum absolute atomic E-state index is 9.59. The van der Waals surface area contributed by atoms with Crippen LogP contribution in [0.3, 0.4) is 0 Å². The van der Waals surface area contributed by atoms with Crippen molar-refractivity contribution in [2.75, 3.05) is 20.7 Å². The molecule has 0 fully saturated rings. The van der Waals surface area contributed by atoms with Gasteiger partial charge in [0, 0.05) is 18.7 Å². The maximum Gasteiger partial charge on any atom is 0.164 e. The molecule has 0 aliphatic carbocycles. The average Bonchev–Trinajstić information content (AvgIpc) is 2.18. The zero-order valence-electron chi connectivity index (χ0n) is 8.58. The van der Waals surface area contributed by atoms with E-state index in [2.05, 4.69) is 11.9 Å². The number of methoxy groups -OCH3 is 1. The van der Waals surface area contributed by atoms with Crippen molar-refractivity contribution in [1.82, 2.24) is 4.90 Å². The molecule has 1 heterocycles. The lowest BCUT2D eigenvalue weighted by molar-refractivity contribution is 0.302. The third kappa shape index (κ3) is 1.44. The number of fused-ring (bicyclic) bond motifs is 1. The second-order valence-corrected chi connectivity index (χ2v) is 3.74. The summed E-state index contributed by atoms with van der Waals surface area (Å²) in [4.78, 5) is 2.26. The van der Waals surface area contributed by atoms with Crippen molar-refractivity contribution < 1.29 is 9.84 Å². The molecule has 0 atom stereocenters. The van der Waals surface area contributed by atoms with Crippen LogP contribution in [-0.4, -0.2) is 30.7 Å². The van der Waals surface area contributed by atoms with E-state index in [0.717, 1.165) is 25.1 Å². The van der Waals surface area contributed by atoms with E-state index in [4.69, 9.17) is 4.74 Å². The van der Waals surface area contributed by atoms with Crippen molar-refractivity contribution in [2.24, 2.45) is 0 Å². The Hall–Kier alpha value is -1.22. The molecule has 1 aliphatic heterocycles. The van der Waals surface area contributed by atoms with Crippen LogP contribution in [0.25, 0.3) is 0 Å². The highest BCUT2D eigenvalue weighted by molar-refractivity contribution is 5.50. The highest BCUT2D eigenvalue weighted by Gasteiger charge is 2.18. The number of nitrogens with zero attached hydrogens (tertiary/aromatic N) is 1. The summed E-state index contributed by atoms with van der Waals surface area (Å²) in [5.41, 5.74) is 2.42. The quantitative estimate of drug-likeness (QED) is 0.731. The van der Waals surface area contributed by atoms with Gasteiger partial charge < -0.3 is 14.7 Å². The summed E-state index contributed by atoms with van der Waals surface area (Å²) in [6.45, 7) is 1.96. The Kier molecular flexibility index (Phi) is 2.33. The predicted octanol–water partition coefficient (Wildman–Crippen LogP) is 1.39. The number of hydrogen-bond donors (Lipinski definition) is 1. The van der Waals surface area contributed by atoms with Crippen molar-refractivity contribution >= 4 is 0 Å². The molecular formula is C11H15NO2. The van der Waals surface area contributed by atoms with Crippen LogP contribution in [0.4, 0.5) is 0 Å². The molecule has 0 spiro atoms. The fourth-order valence-electron chi connectivity index (χ4n) is 1.98. The van der Waals surface area contributed by atoms with Crippen LogP contribution >= 0.6 is 0 Å². The lowest BCUT2D eigenvalue weighted by atomic mass is 9.98. The molecule has 1 aromatic rings. The first kappa shape index (κ1) is 9.34. The topological polar surface area (TPSA) is 32.7 Å². The van der Waals surface area contributed by atoms with E-state index < -0.39 is 0 Å². The summed E-state index contributed by atoms with van der Waals surface area (Å²) in [5, 5.41) is 9.59. The minimum absolute atomic E-state index is 0.246. The van der Waals surface area contributed by atoms with Crippen molar-refractivity contribution in [3.8, 4) is 11.5 Å². The lowest BCUT2D eigenvalue weighted by Crippen LogP contribution is -2.26. The van der Waals surface area contributed by atoms with Crippen LogP contribution < -0.4 is 4.74 Å². The molecule has 0 unspecified atom stereocenters. The number of phenolic OH excluding ortho intramolecular Hbond substituents is 1. The zero-order chi connectivity index (χ0) is 10.1. The van der Waals surface area contributed by atoms with Gasteiger partial charge in [-0.3, -0.25) is 0 Å². The van der Waals surface area contributed by atoms with Gasteiger partial charge in [-0.2, -0.15) is 0 Å². The summed E-state index contributed by atoms with van der Waals surface area (Å²) in [7, 11) is 3.70. The summed E-state index contributed by atoms with van der Waals surface area (Å²) in [5.74, 6) is 0.895. The van der Waals surface area contributed by atoms with Gasteiger partial charge in [0.15, 0.2) is 11.5 Å². The molecular weight excluding hydrogens is 178 g/mol. The Labute approximate surface area is 83.9 Å². The van der Waals surface area contributed by atoms with Gasteiger partial charge in [-0.1, -0.05) is 6.07 Å². The van der Waals surface area contributed by atoms with Gasteiger partial charge in [0.2, 0.25) is 0 Å². The Morgan fingerprint density at radius 2 is 2.21 bits per heavy atom. The van der Waals surface area contributed by atoms with Crippen molar-refractivity contribution in [3.05, 3.63) is 23.3 Å². The number of aromatic hydroxyl groups is 1. The van der Waals surface area contributed by atoms with Crippen LogP contribution in [0.15, 0.2) is 12.1 Å². The minimum atomic E-state index is 0.246. The van der Waals surface area contributed by atoms with E-state index in [9.17, 15) is 5.11 Å². The number of ether oxygens (including phenoxy) is 1. The van der Waals surface area contributed by atoms with Gasteiger partial charge in [-0.15, -0.1) is 0 Å². The maximum atomic E-state index is 9.59. The Morgan fingerprint density at radius 3 is 2.93 bits per heavy atom. The van der Waals surface area contributed by atoms with E-state index >= 15 is 0 Å². The highest BCUT2D eigenvalue weighted by atomic mass is 16.5. The normalized spacial score (nSPS) is 16.4. The molecule has 1 aliphatic rings. The molecule has 0 amide bonds. The number of likely N-dealkylation sites (N-methyl/N-ethyl adjacent to an activating group) is 1. The molecule has 2 rings (SSSR count). The summed E-state index contributed by atoms with van der Waals surface area (Å²) in [6.07, 6.45) is 0.948. The number of rotatable bonds is 1. The first-order valence-corrected chi connectivity index (χ1v) is 4.78. The van der Waals surface area contributed by atoms with Gasteiger partial charge in [0.1, 0.15) is 0 Å². The van der Waals surface area contributed by atoms with Crippen molar-refractivity contribution in [2.45, 2.75) is 13.0 Å². The molecule has 1 aromatic carbocycles. The standard InChI is InChI=1S/C11H15NO2/c1-12-6-5-9-8(7-12)3-4-10(13)11(9)14-2/h3-4,13H,5-7H2,1-2H3. The van der Waals surface area contributed by atoms with Crippen molar-refractivity contribution in [1.29, 1.82) is 0 Å². The highest BCUT2D eigenvalue weighted by Crippen LogP contribution is 2.35. The van der Waals surface area contributed by atoms with Crippen LogP contribution in [-0.2, 0) is 13.0 Å². The molecule has 0 bridgehead atoms. The molecule has 3 nitrogen and oxygen atoms in total. The predicted molar refractivity (Wildman–Crippen MR) is 54.7 cm³/mol. The smallest absolute Gasteiger partial charge is 0.164 e. The fraction of sp³-hybridized carbons (Fsp3) is 0.455. The third-order valence-corrected chi connectivity index (χ3v) is 2.72. The Morgan fingerprint density at radius 1 is 1.43 bits per heavy atom. The molecule has 76 valence electrons.